The highest BCUT2D eigenvalue weighted by atomic mass is 32.1. The number of anilines is 1. The summed E-state index contributed by atoms with van der Waals surface area (Å²) < 4.78 is 55.6. The van der Waals surface area contributed by atoms with Crippen LogP contribution in [0, 0.1) is 11.8 Å². The summed E-state index contributed by atoms with van der Waals surface area (Å²) in [5.74, 6) is -7.96. The fourth-order valence-corrected chi connectivity index (χ4v) is 8.90. The van der Waals surface area contributed by atoms with Crippen molar-refractivity contribution in [1.82, 2.24) is 14.1 Å². The van der Waals surface area contributed by atoms with E-state index >= 15 is 0 Å². The van der Waals surface area contributed by atoms with Gasteiger partial charge in [-0.15, -0.1) is 4.37 Å². The molecule has 6 unspecified atom stereocenters. The van der Waals surface area contributed by atoms with Crippen molar-refractivity contribution in [3.05, 3.63) is 48.0 Å². The van der Waals surface area contributed by atoms with Crippen LogP contribution in [0.3, 0.4) is 0 Å². The molecule has 2 fully saturated rings. The normalized spacial score (nSPS) is 20.0. The van der Waals surface area contributed by atoms with Crippen molar-refractivity contribution in [2.45, 2.75) is 186 Å². The molecule has 25 heteroatoms. The number of esters is 8. The number of hydrogen-bond acceptors (Lipinski definition) is 25. The van der Waals surface area contributed by atoms with Gasteiger partial charge in [-0.25, -0.2) is 24.0 Å². The van der Waals surface area contributed by atoms with Gasteiger partial charge in [0.05, 0.1) is 56.1 Å². The number of carbonyl (C=O) groups is 8. The molecule has 1 saturated carbocycles. The average Bonchev–Trinajstić information content (AvgIpc) is 4.00. The number of allylic oxidation sites excluding steroid dienone is 2. The van der Waals surface area contributed by atoms with E-state index in [4.69, 9.17) is 42.6 Å². The lowest BCUT2D eigenvalue weighted by Gasteiger charge is -2.27. The van der Waals surface area contributed by atoms with Crippen molar-refractivity contribution in [1.29, 1.82) is 0 Å². The van der Waals surface area contributed by atoms with E-state index in [0.717, 1.165) is 51.4 Å². The number of aliphatic hydroxyl groups is 3. The number of morpholine rings is 1. The first-order valence-corrected chi connectivity index (χ1v) is 27.8. The van der Waals surface area contributed by atoms with Gasteiger partial charge < -0.3 is 68.2 Å². The van der Waals surface area contributed by atoms with Crippen molar-refractivity contribution >= 4 is 65.3 Å². The molecule has 1 aromatic carbocycles. The van der Waals surface area contributed by atoms with Gasteiger partial charge in [-0.1, -0.05) is 42.5 Å². The van der Waals surface area contributed by atoms with Gasteiger partial charge in [0.2, 0.25) is 5.82 Å². The third-order valence-corrected chi connectivity index (χ3v) is 13.5. The largest absolute Gasteiger partial charge is 0.470 e. The number of rotatable bonds is 32. The second kappa shape index (κ2) is 33.6. The second-order valence-corrected chi connectivity index (χ2v) is 21.4. The van der Waals surface area contributed by atoms with Crippen LogP contribution in [0.25, 0.3) is 0 Å². The molecule has 0 bridgehead atoms. The van der Waals surface area contributed by atoms with Gasteiger partial charge in [0.25, 0.3) is 5.88 Å². The van der Waals surface area contributed by atoms with E-state index in [2.05, 4.69) is 14.1 Å². The van der Waals surface area contributed by atoms with Crippen LogP contribution in [0.15, 0.2) is 42.5 Å². The summed E-state index contributed by atoms with van der Waals surface area (Å²) in [4.78, 5) is 103. The number of aliphatic hydroxyl groups excluding tert-OH is 3. The van der Waals surface area contributed by atoms with Crippen LogP contribution in [0.2, 0.25) is 0 Å². The van der Waals surface area contributed by atoms with E-state index in [1.54, 1.807) is 0 Å². The molecule has 1 aliphatic carbocycles. The Bertz CT molecular complexity index is 2340. The zero-order valence-corrected chi connectivity index (χ0v) is 47.8. The molecule has 1 saturated heterocycles. The summed E-state index contributed by atoms with van der Waals surface area (Å²) in [6.07, 6.45) is -3.95. The average molecular weight is 1150 g/mol. The predicted octanol–water partition coefficient (Wildman–Crippen LogP) is 3.81. The molecule has 0 radical (unpaired) electrons. The van der Waals surface area contributed by atoms with Gasteiger partial charge >= 0.3 is 47.8 Å². The molecule has 446 valence electrons. The summed E-state index contributed by atoms with van der Waals surface area (Å²) >= 11 is 0.985. The molecule has 2 aliphatic rings. The number of nitrogens with one attached hydrogen (secondary N) is 1. The highest BCUT2D eigenvalue weighted by Crippen LogP contribution is 2.38. The highest BCUT2D eigenvalue weighted by molar-refractivity contribution is 6.99. The number of nitrogens with zero attached hydrogens (tertiary/aromatic N) is 3. The van der Waals surface area contributed by atoms with Crippen molar-refractivity contribution in [3.8, 4) is 5.88 Å². The van der Waals surface area contributed by atoms with Crippen LogP contribution < -0.4 is 15.0 Å². The Kier molecular flexibility index (Phi) is 27.9. The Balaban J connectivity index is 1.08. The Labute approximate surface area is 470 Å². The van der Waals surface area contributed by atoms with Gasteiger partial charge in [-0.3, -0.25) is 14.4 Å². The first-order valence-electron chi connectivity index (χ1n) is 27.1. The third-order valence-electron chi connectivity index (χ3n) is 13.0. The minimum atomic E-state index is -1.63. The third kappa shape index (κ3) is 23.9. The van der Waals surface area contributed by atoms with Gasteiger partial charge in [-0.05, 0) is 124 Å². The fourth-order valence-electron chi connectivity index (χ4n) is 8.38. The van der Waals surface area contributed by atoms with E-state index in [9.17, 15) is 53.7 Å². The molecule has 2 aromatic rings. The summed E-state index contributed by atoms with van der Waals surface area (Å²) in [6, 6.07) is 9.88. The molecule has 11 atom stereocenters. The van der Waals surface area contributed by atoms with Crippen molar-refractivity contribution in [2.75, 3.05) is 44.4 Å². The molecule has 4 rings (SSSR count). The Morgan fingerprint density at radius 2 is 1.26 bits per heavy atom. The van der Waals surface area contributed by atoms with Crippen LogP contribution in [-0.4, -0.2) is 172 Å². The smallest absolute Gasteiger partial charge is 0.354 e. The monoisotopic (exact) mass is 1150 g/mol. The summed E-state index contributed by atoms with van der Waals surface area (Å²) in [5, 5.41) is 35.1. The molecule has 80 heavy (non-hydrogen) atoms. The number of ether oxygens (including phenoxy) is 9. The van der Waals surface area contributed by atoms with Crippen LogP contribution in [0.4, 0.5) is 5.82 Å². The molecule has 1 aromatic heterocycles. The van der Waals surface area contributed by atoms with Crippen molar-refractivity contribution < 1.29 is 96.3 Å². The minimum absolute atomic E-state index is 0.0664. The van der Waals surface area contributed by atoms with Crippen molar-refractivity contribution in [2.24, 2.45) is 11.8 Å². The Morgan fingerprint density at radius 1 is 0.713 bits per heavy atom. The maximum atomic E-state index is 12.9. The topological polar surface area (TPSA) is 321 Å². The van der Waals surface area contributed by atoms with Crippen LogP contribution in [-0.2, 0) is 82.7 Å². The van der Waals surface area contributed by atoms with Gasteiger partial charge in [0, 0.05) is 31.6 Å². The number of aryl methyl sites for hydroxylation is 1. The number of carbonyl (C=O) groups excluding carboxylic acids is 8. The number of unbranched alkanes of at least 4 members (excludes halogenated alkanes) is 1. The van der Waals surface area contributed by atoms with Crippen molar-refractivity contribution in [3.63, 3.8) is 0 Å². The maximum Gasteiger partial charge on any atom is 0.354 e. The Morgan fingerprint density at radius 3 is 1.85 bits per heavy atom. The van der Waals surface area contributed by atoms with Gasteiger partial charge in [0.1, 0.15) is 12.7 Å². The molecule has 24 nitrogen and oxygen atoms in total. The molecule has 0 spiro atoms. The predicted molar refractivity (Wildman–Crippen MR) is 285 cm³/mol. The summed E-state index contributed by atoms with van der Waals surface area (Å²) in [7, 11) is 0. The Hall–Kier alpha value is -6.12. The van der Waals surface area contributed by atoms with E-state index in [1.807, 2.05) is 68.2 Å². The first-order chi connectivity index (χ1) is 37.9. The standard InChI is InChI=1S/C55H80N4O20S/c1-33(73-46(64)24-25-47(65)78-40(31-56-55(6,7)8)32-72-49-48(57-80-58-49)59-26-28-71-29-27-59)50(66)74-34(2)51(67)75-35(3)52(68)76-36(4)53(69)77-37(5)54(70)79-45(63)19-15-10-9-14-18-41-42(44(62)30-43(41)61)23-22-39(60)21-20-38-16-12-11-13-17-38/h9,11-14,16-17,33-37,39-44,56,60-62H,10,15,18-32H2,1-8H3/b14-9-/t33?,34?,35?,36?,37?,39-,40?,41+,42+,43-,44+/m1/s1. The molecule has 4 N–H and O–H groups in total. The fraction of sp³-hybridized carbons (Fsp3) is 0.673. The lowest BCUT2D eigenvalue weighted by Crippen LogP contribution is -2.44. The number of benzene rings is 1. The zero-order chi connectivity index (χ0) is 58.9. The number of hydrogen-bond donors (Lipinski definition) is 4. The van der Waals surface area contributed by atoms with Gasteiger partial charge in [-0.2, -0.15) is 4.37 Å². The lowest BCUT2D eigenvalue weighted by molar-refractivity contribution is -0.187. The molecule has 2 heterocycles. The quantitative estimate of drug-likeness (QED) is 0.0266. The minimum Gasteiger partial charge on any atom is -0.470 e. The maximum absolute atomic E-state index is 12.9. The van der Waals surface area contributed by atoms with E-state index < -0.39 is 116 Å². The van der Waals surface area contributed by atoms with Crippen LogP contribution >= 0.6 is 11.7 Å². The molecular weight excluding hydrogens is 1070 g/mol. The SMILES string of the molecule is CC(OC(=O)CCC(=O)OC(CNC(C)(C)C)COc1nsnc1N1CCOCC1)C(=O)OC(C)C(=O)OC(C)C(=O)OC(C)C(=O)OC(C)C(=O)OC(=O)CCC/C=C\C[C@H]1[C@H](CC[C@H](O)CCc2ccccc2)[C@@H](O)C[C@H]1O. The van der Waals surface area contributed by atoms with E-state index in [-0.39, 0.29) is 43.4 Å². The summed E-state index contributed by atoms with van der Waals surface area (Å²) in [6.45, 7) is 13.9. The highest BCUT2D eigenvalue weighted by Gasteiger charge is 2.41. The van der Waals surface area contributed by atoms with E-state index in [1.165, 1.54) is 6.92 Å². The van der Waals surface area contributed by atoms with Gasteiger partial charge in [0.15, 0.2) is 30.5 Å². The van der Waals surface area contributed by atoms with Crippen LogP contribution in [0.5, 0.6) is 5.88 Å². The zero-order valence-electron chi connectivity index (χ0n) is 46.9. The molecule has 0 amide bonds. The number of aromatic nitrogens is 2. The van der Waals surface area contributed by atoms with Crippen LogP contribution in [0.1, 0.15) is 125 Å². The first kappa shape index (κ1) is 66.4. The summed E-state index contributed by atoms with van der Waals surface area (Å²) in [5.41, 5.74) is 0.813. The second-order valence-electron chi connectivity index (χ2n) is 20.8. The lowest BCUT2D eigenvalue weighted by atomic mass is 9.85. The van der Waals surface area contributed by atoms with E-state index in [0.29, 0.717) is 76.5 Å². The molecular formula is C55H80N4O20S. The molecule has 1 aliphatic heterocycles.